The van der Waals surface area contributed by atoms with Gasteiger partial charge in [-0.2, -0.15) is 0 Å². The van der Waals surface area contributed by atoms with Crippen molar-refractivity contribution in [2.75, 3.05) is 5.32 Å². The quantitative estimate of drug-likeness (QED) is 0.891. The molecule has 72 valence electrons. The summed E-state index contributed by atoms with van der Waals surface area (Å²) >= 11 is 10.7. The van der Waals surface area contributed by atoms with Crippen LogP contribution in [-0.4, -0.2) is 4.98 Å². The summed E-state index contributed by atoms with van der Waals surface area (Å²) in [5.41, 5.74) is 0.944. The maximum absolute atomic E-state index is 5.85. The molecule has 0 unspecified atom stereocenters. The molecule has 5 heteroatoms. The van der Waals surface area contributed by atoms with E-state index in [0.29, 0.717) is 5.02 Å². The van der Waals surface area contributed by atoms with Crippen LogP contribution in [0.2, 0.25) is 5.02 Å². The van der Waals surface area contributed by atoms with E-state index in [0.717, 1.165) is 14.6 Å². The van der Waals surface area contributed by atoms with E-state index in [1.807, 2.05) is 24.3 Å². The summed E-state index contributed by atoms with van der Waals surface area (Å²) in [6.45, 7) is 0. The van der Waals surface area contributed by atoms with Crippen molar-refractivity contribution in [1.82, 2.24) is 4.98 Å². The highest BCUT2D eigenvalue weighted by Gasteiger charge is 1.99. The molecule has 14 heavy (non-hydrogen) atoms. The number of hydrogen-bond donors (Lipinski definition) is 1. The van der Waals surface area contributed by atoms with Gasteiger partial charge < -0.3 is 5.32 Å². The van der Waals surface area contributed by atoms with Gasteiger partial charge >= 0.3 is 0 Å². The summed E-state index contributed by atoms with van der Waals surface area (Å²) < 4.78 is 1.00. The van der Waals surface area contributed by atoms with Crippen molar-refractivity contribution < 1.29 is 0 Å². The van der Waals surface area contributed by atoms with Gasteiger partial charge in [0.1, 0.15) is 0 Å². The third-order valence-corrected chi connectivity index (χ3v) is 3.18. The minimum absolute atomic E-state index is 0.714. The van der Waals surface area contributed by atoms with Crippen LogP contribution in [0, 0.1) is 0 Å². The van der Waals surface area contributed by atoms with Crippen LogP contribution in [0.3, 0.4) is 0 Å². The lowest BCUT2D eigenvalue weighted by atomic mass is 10.3. The second-order valence-electron chi connectivity index (χ2n) is 2.60. The zero-order chi connectivity index (χ0) is 9.97. The molecule has 0 radical (unpaired) electrons. The number of thiazole rings is 1. The molecule has 0 aliphatic rings. The van der Waals surface area contributed by atoms with E-state index in [-0.39, 0.29) is 0 Å². The van der Waals surface area contributed by atoms with Gasteiger partial charge in [-0.25, -0.2) is 4.98 Å². The Hall–Kier alpha value is -0.580. The number of halogens is 2. The van der Waals surface area contributed by atoms with E-state index in [1.54, 1.807) is 6.20 Å². The predicted octanol–water partition coefficient (Wildman–Crippen LogP) is 4.30. The first-order valence-corrected chi connectivity index (χ1v) is 5.87. The highest BCUT2D eigenvalue weighted by Crippen LogP contribution is 2.26. The minimum Gasteiger partial charge on any atom is -0.331 e. The Morgan fingerprint density at radius 1 is 1.43 bits per heavy atom. The highest BCUT2D eigenvalue weighted by molar-refractivity contribution is 9.11. The van der Waals surface area contributed by atoms with Crippen LogP contribution < -0.4 is 5.32 Å². The first-order valence-electron chi connectivity index (χ1n) is 3.88. The van der Waals surface area contributed by atoms with Crippen LogP contribution >= 0.6 is 38.9 Å². The maximum Gasteiger partial charge on any atom is 0.188 e. The third-order valence-electron chi connectivity index (χ3n) is 1.55. The molecule has 1 N–H and O–H groups in total. The molecule has 0 aliphatic heterocycles. The molecule has 1 aromatic carbocycles. The molecule has 1 heterocycles. The van der Waals surface area contributed by atoms with Crippen molar-refractivity contribution in [2.24, 2.45) is 0 Å². The van der Waals surface area contributed by atoms with Crippen molar-refractivity contribution >= 4 is 49.7 Å². The Bertz CT molecular complexity index is 444. The number of hydrogen-bond acceptors (Lipinski definition) is 3. The predicted molar refractivity (Wildman–Crippen MR) is 64.5 cm³/mol. The Morgan fingerprint density at radius 2 is 2.29 bits per heavy atom. The van der Waals surface area contributed by atoms with E-state index in [1.165, 1.54) is 11.3 Å². The number of aromatic nitrogens is 1. The van der Waals surface area contributed by atoms with Gasteiger partial charge in [0.25, 0.3) is 0 Å². The van der Waals surface area contributed by atoms with E-state index >= 15 is 0 Å². The fourth-order valence-electron chi connectivity index (χ4n) is 1.00. The van der Waals surface area contributed by atoms with Gasteiger partial charge in [0, 0.05) is 10.7 Å². The molecule has 0 aliphatic carbocycles. The van der Waals surface area contributed by atoms with E-state index in [2.05, 4.69) is 26.2 Å². The van der Waals surface area contributed by atoms with Crippen LogP contribution in [0.1, 0.15) is 0 Å². The van der Waals surface area contributed by atoms with Gasteiger partial charge in [-0.05, 0) is 34.1 Å². The van der Waals surface area contributed by atoms with E-state index in [9.17, 15) is 0 Å². The fraction of sp³-hybridized carbons (Fsp3) is 0. The van der Waals surface area contributed by atoms with Gasteiger partial charge in [0.2, 0.25) is 0 Å². The molecule has 0 amide bonds. The molecular formula is C9H6BrClN2S. The first-order chi connectivity index (χ1) is 6.74. The molecule has 0 atom stereocenters. The largest absolute Gasteiger partial charge is 0.331 e. The number of rotatable bonds is 2. The highest BCUT2D eigenvalue weighted by atomic mass is 79.9. The number of anilines is 2. The zero-order valence-electron chi connectivity index (χ0n) is 7.00. The van der Waals surface area contributed by atoms with Gasteiger partial charge in [0.15, 0.2) is 5.13 Å². The van der Waals surface area contributed by atoms with Crippen LogP contribution in [-0.2, 0) is 0 Å². The minimum atomic E-state index is 0.714. The smallest absolute Gasteiger partial charge is 0.188 e. The Balaban J connectivity index is 2.18. The van der Waals surface area contributed by atoms with Crippen LogP contribution in [0.4, 0.5) is 10.8 Å². The molecule has 2 aromatic rings. The number of nitrogens with zero attached hydrogens (tertiary/aromatic N) is 1. The summed E-state index contributed by atoms with van der Waals surface area (Å²) in [6, 6.07) is 7.54. The monoisotopic (exact) mass is 288 g/mol. The first kappa shape index (κ1) is 9.96. The Labute approximate surface area is 99.1 Å². The van der Waals surface area contributed by atoms with Crippen LogP contribution in [0.5, 0.6) is 0 Å². The zero-order valence-corrected chi connectivity index (χ0v) is 10.2. The average Bonchev–Trinajstić information content (AvgIpc) is 2.51. The van der Waals surface area contributed by atoms with Gasteiger partial charge in [-0.3, -0.25) is 0 Å². The van der Waals surface area contributed by atoms with Crippen molar-refractivity contribution in [3.8, 4) is 0 Å². The van der Waals surface area contributed by atoms with Crippen molar-refractivity contribution in [1.29, 1.82) is 0 Å². The van der Waals surface area contributed by atoms with Crippen LogP contribution in [0.25, 0.3) is 0 Å². The summed E-state index contributed by atoms with van der Waals surface area (Å²) in [5.74, 6) is 0. The van der Waals surface area contributed by atoms with E-state index in [4.69, 9.17) is 11.6 Å². The molecule has 1 aromatic heterocycles. The molecule has 0 fully saturated rings. The molecule has 2 nitrogen and oxygen atoms in total. The molecule has 0 spiro atoms. The van der Waals surface area contributed by atoms with Gasteiger partial charge in [0.05, 0.1) is 9.98 Å². The van der Waals surface area contributed by atoms with E-state index < -0.39 is 0 Å². The molecule has 2 rings (SSSR count). The van der Waals surface area contributed by atoms with Crippen molar-refractivity contribution in [3.05, 3.63) is 39.3 Å². The normalized spacial score (nSPS) is 10.1. The summed E-state index contributed by atoms with van der Waals surface area (Å²) in [5, 5.41) is 4.72. The lowest BCUT2D eigenvalue weighted by molar-refractivity contribution is 1.38. The lowest BCUT2D eigenvalue weighted by Gasteiger charge is -2.01. The number of nitrogens with one attached hydrogen (secondary N) is 1. The SMILES string of the molecule is Clc1cccc(Nc2ncc(Br)s2)c1. The summed E-state index contributed by atoms with van der Waals surface area (Å²) in [4.78, 5) is 4.16. The van der Waals surface area contributed by atoms with Crippen molar-refractivity contribution in [3.63, 3.8) is 0 Å². The Morgan fingerprint density at radius 3 is 2.93 bits per heavy atom. The summed E-state index contributed by atoms with van der Waals surface area (Å²) in [6.07, 6.45) is 1.76. The standard InChI is InChI=1S/C9H6BrClN2S/c10-8-5-12-9(14-8)13-7-3-1-2-6(11)4-7/h1-5H,(H,12,13). The van der Waals surface area contributed by atoms with Gasteiger partial charge in [-0.1, -0.05) is 29.0 Å². The molecule has 0 saturated carbocycles. The lowest BCUT2D eigenvalue weighted by Crippen LogP contribution is -1.87. The second kappa shape index (κ2) is 4.29. The third kappa shape index (κ3) is 2.47. The number of benzene rings is 1. The second-order valence-corrected chi connectivity index (χ2v) is 5.45. The summed E-state index contributed by atoms with van der Waals surface area (Å²) in [7, 11) is 0. The Kier molecular flexibility index (Phi) is 3.05. The molecular weight excluding hydrogens is 284 g/mol. The fourth-order valence-corrected chi connectivity index (χ4v) is 2.32. The van der Waals surface area contributed by atoms with Crippen LogP contribution in [0.15, 0.2) is 34.2 Å². The molecule has 0 bridgehead atoms. The topological polar surface area (TPSA) is 24.9 Å². The maximum atomic E-state index is 5.85. The van der Waals surface area contributed by atoms with Crippen molar-refractivity contribution in [2.45, 2.75) is 0 Å². The average molecular weight is 290 g/mol. The van der Waals surface area contributed by atoms with Gasteiger partial charge in [-0.15, -0.1) is 0 Å². The molecule has 0 saturated heterocycles.